The summed E-state index contributed by atoms with van der Waals surface area (Å²) in [5.74, 6) is -0.266. The van der Waals surface area contributed by atoms with Gasteiger partial charge in [-0.3, -0.25) is 19.3 Å². The Balaban J connectivity index is 1.32. The summed E-state index contributed by atoms with van der Waals surface area (Å²) in [5, 5.41) is 3.97. The number of carbonyl (C=O) groups excluding carboxylic acids is 3. The number of nitrogens with zero attached hydrogens (tertiary/aromatic N) is 4. The van der Waals surface area contributed by atoms with Crippen molar-refractivity contribution in [2.24, 2.45) is 11.8 Å². The molecule has 0 N–H and O–H groups in total. The molecule has 8 nitrogen and oxygen atoms in total. The van der Waals surface area contributed by atoms with Crippen LogP contribution in [0.15, 0.2) is 40.9 Å². The lowest BCUT2D eigenvalue weighted by Crippen LogP contribution is -2.36. The van der Waals surface area contributed by atoms with Crippen molar-refractivity contribution < 1.29 is 18.9 Å². The Morgan fingerprint density at radius 2 is 1.77 bits per heavy atom. The molecular formula is C22H24N4O4. The molecule has 0 radical (unpaired) electrons. The molecule has 8 heteroatoms. The zero-order valence-corrected chi connectivity index (χ0v) is 17.1. The molecule has 1 aromatic heterocycles. The van der Waals surface area contributed by atoms with Gasteiger partial charge in [-0.15, -0.1) is 0 Å². The van der Waals surface area contributed by atoms with E-state index in [1.54, 1.807) is 7.05 Å². The average molecular weight is 408 g/mol. The first-order valence-corrected chi connectivity index (χ1v) is 10.1. The molecule has 2 aliphatic rings. The van der Waals surface area contributed by atoms with E-state index in [-0.39, 0.29) is 49.1 Å². The Kier molecular flexibility index (Phi) is 5.48. The maximum absolute atomic E-state index is 12.5. The minimum absolute atomic E-state index is 0.0693. The van der Waals surface area contributed by atoms with Gasteiger partial charge in [-0.25, -0.2) is 0 Å². The molecule has 1 aliphatic carbocycles. The van der Waals surface area contributed by atoms with Crippen molar-refractivity contribution in [2.75, 3.05) is 13.6 Å². The topological polar surface area (TPSA) is 96.6 Å². The molecule has 1 fully saturated rings. The molecule has 2 atom stereocenters. The first kappa shape index (κ1) is 20.0. The van der Waals surface area contributed by atoms with Gasteiger partial charge in [-0.1, -0.05) is 47.1 Å². The van der Waals surface area contributed by atoms with Crippen molar-refractivity contribution >= 4 is 17.7 Å². The van der Waals surface area contributed by atoms with Gasteiger partial charge in [0.1, 0.15) is 0 Å². The molecule has 4 rings (SSSR count). The molecule has 1 aromatic carbocycles. The molecule has 2 aromatic rings. The van der Waals surface area contributed by atoms with E-state index in [0.29, 0.717) is 24.6 Å². The molecule has 2 heterocycles. The second-order valence-electron chi connectivity index (χ2n) is 7.86. The third-order valence-corrected chi connectivity index (χ3v) is 5.72. The monoisotopic (exact) mass is 408 g/mol. The number of aryl methyl sites for hydroxylation is 1. The lowest BCUT2D eigenvalue weighted by Gasteiger charge is -2.18. The van der Waals surface area contributed by atoms with Gasteiger partial charge >= 0.3 is 0 Å². The van der Waals surface area contributed by atoms with Crippen LogP contribution in [0.2, 0.25) is 0 Å². The van der Waals surface area contributed by atoms with Crippen molar-refractivity contribution in [3.05, 3.63) is 47.9 Å². The highest BCUT2D eigenvalue weighted by Crippen LogP contribution is 2.35. The lowest BCUT2D eigenvalue weighted by molar-refractivity contribution is -0.140. The third-order valence-electron chi connectivity index (χ3n) is 5.72. The van der Waals surface area contributed by atoms with Crippen LogP contribution in [0.1, 0.15) is 30.7 Å². The van der Waals surface area contributed by atoms with Crippen molar-refractivity contribution in [3.8, 4) is 11.4 Å². The van der Waals surface area contributed by atoms with Gasteiger partial charge in [0.15, 0.2) is 0 Å². The summed E-state index contributed by atoms with van der Waals surface area (Å²) >= 11 is 0. The summed E-state index contributed by atoms with van der Waals surface area (Å²) in [6.07, 6.45) is 5.16. The van der Waals surface area contributed by atoms with Gasteiger partial charge in [0.05, 0.1) is 18.4 Å². The van der Waals surface area contributed by atoms with Crippen LogP contribution in [0.5, 0.6) is 0 Å². The summed E-state index contributed by atoms with van der Waals surface area (Å²) in [4.78, 5) is 44.6. The summed E-state index contributed by atoms with van der Waals surface area (Å²) in [6, 6.07) is 7.76. The normalized spacial score (nSPS) is 20.5. The molecule has 0 saturated carbocycles. The number of imide groups is 1. The molecule has 3 amide bonds. The van der Waals surface area contributed by atoms with E-state index in [9.17, 15) is 14.4 Å². The lowest BCUT2D eigenvalue weighted by atomic mass is 9.85. The second kappa shape index (κ2) is 8.22. The van der Waals surface area contributed by atoms with Gasteiger partial charge in [0.25, 0.3) is 0 Å². The van der Waals surface area contributed by atoms with Crippen LogP contribution in [0.4, 0.5) is 0 Å². The first-order chi connectivity index (χ1) is 14.4. The predicted octanol–water partition coefficient (Wildman–Crippen LogP) is 2.34. The number of benzene rings is 1. The van der Waals surface area contributed by atoms with Gasteiger partial charge in [0.2, 0.25) is 29.4 Å². The van der Waals surface area contributed by atoms with Crippen molar-refractivity contribution in [3.63, 3.8) is 0 Å². The number of fused-ring (bicyclic) bond motifs is 1. The van der Waals surface area contributed by atoms with E-state index < -0.39 is 0 Å². The van der Waals surface area contributed by atoms with Gasteiger partial charge in [-0.2, -0.15) is 4.98 Å². The Morgan fingerprint density at radius 3 is 2.40 bits per heavy atom. The van der Waals surface area contributed by atoms with E-state index in [4.69, 9.17) is 4.52 Å². The standard InChI is InChI=1S/C22H24N4O4/c1-14-7-9-15(10-8-14)20-23-18(30-24-20)13-25(2)19(27)11-12-26-21(28)16-5-3-4-6-17(16)22(26)29/h3-4,7-10,16-17H,5-6,11-13H2,1-2H3. The summed E-state index contributed by atoms with van der Waals surface area (Å²) in [6.45, 7) is 2.27. The molecule has 156 valence electrons. The first-order valence-electron chi connectivity index (χ1n) is 10.1. The number of carbonyl (C=O) groups is 3. The molecular weight excluding hydrogens is 384 g/mol. The van der Waals surface area contributed by atoms with Gasteiger partial charge < -0.3 is 9.42 Å². The molecule has 1 saturated heterocycles. The molecule has 2 unspecified atom stereocenters. The number of amides is 3. The third kappa shape index (κ3) is 3.90. The van der Waals surface area contributed by atoms with Crippen LogP contribution in [0.3, 0.4) is 0 Å². The highest BCUT2D eigenvalue weighted by molar-refractivity contribution is 6.05. The maximum Gasteiger partial charge on any atom is 0.246 e. The van der Waals surface area contributed by atoms with Crippen LogP contribution in [-0.2, 0) is 20.9 Å². The number of aromatic nitrogens is 2. The molecule has 1 aliphatic heterocycles. The fourth-order valence-corrected chi connectivity index (χ4v) is 3.92. The second-order valence-corrected chi connectivity index (χ2v) is 7.86. The molecule has 0 bridgehead atoms. The van der Waals surface area contributed by atoms with Crippen molar-refractivity contribution in [1.29, 1.82) is 0 Å². The number of rotatable bonds is 6. The van der Waals surface area contributed by atoms with E-state index in [0.717, 1.165) is 11.1 Å². The van der Waals surface area contributed by atoms with E-state index in [2.05, 4.69) is 10.1 Å². The predicted molar refractivity (Wildman–Crippen MR) is 108 cm³/mol. The minimum Gasteiger partial charge on any atom is -0.337 e. The largest absolute Gasteiger partial charge is 0.337 e. The SMILES string of the molecule is Cc1ccc(-c2noc(CN(C)C(=O)CCN3C(=O)C4CC=CCC4C3=O)n2)cc1. The quantitative estimate of drug-likeness (QED) is 0.538. The number of hydrogen-bond acceptors (Lipinski definition) is 6. The fourth-order valence-electron chi connectivity index (χ4n) is 3.92. The van der Waals surface area contributed by atoms with Crippen molar-refractivity contribution in [1.82, 2.24) is 19.9 Å². The fraction of sp³-hybridized carbons (Fsp3) is 0.409. The Labute approximate surface area is 174 Å². The van der Waals surface area contributed by atoms with Gasteiger partial charge in [0, 0.05) is 25.6 Å². The summed E-state index contributed by atoms with van der Waals surface area (Å²) in [5.41, 5.74) is 1.98. The number of likely N-dealkylation sites (tertiary alicyclic amines) is 1. The van der Waals surface area contributed by atoms with Gasteiger partial charge in [-0.05, 0) is 19.8 Å². The zero-order chi connectivity index (χ0) is 21.3. The van der Waals surface area contributed by atoms with Crippen LogP contribution in [-0.4, -0.2) is 51.3 Å². The summed E-state index contributed by atoms with van der Waals surface area (Å²) < 4.78 is 5.27. The van der Waals surface area contributed by atoms with Crippen molar-refractivity contribution in [2.45, 2.75) is 32.7 Å². The molecule has 30 heavy (non-hydrogen) atoms. The highest BCUT2D eigenvalue weighted by atomic mass is 16.5. The van der Waals surface area contributed by atoms with Crippen LogP contribution < -0.4 is 0 Å². The van der Waals surface area contributed by atoms with Crippen LogP contribution >= 0.6 is 0 Å². The average Bonchev–Trinajstić information content (AvgIpc) is 3.30. The van der Waals surface area contributed by atoms with E-state index in [1.165, 1.54) is 9.80 Å². The minimum atomic E-state index is -0.270. The Bertz CT molecular complexity index is 969. The van der Waals surface area contributed by atoms with Crippen LogP contribution in [0.25, 0.3) is 11.4 Å². The Hall–Kier alpha value is -3.29. The van der Waals surface area contributed by atoms with Crippen LogP contribution in [0, 0.1) is 18.8 Å². The maximum atomic E-state index is 12.5. The highest BCUT2D eigenvalue weighted by Gasteiger charge is 2.46. The number of hydrogen-bond donors (Lipinski definition) is 0. The Morgan fingerprint density at radius 1 is 1.13 bits per heavy atom. The number of allylic oxidation sites excluding steroid dienone is 2. The zero-order valence-electron chi connectivity index (χ0n) is 17.1. The van der Waals surface area contributed by atoms with E-state index in [1.807, 2.05) is 43.3 Å². The smallest absolute Gasteiger partial charge is 0.246 e. The summed E-state index contributed by atoms with van der Waals surface area (Å²) in [7, 11) is 1.63. The molecule has 0 spiro atoms. The van der Waals surface area contributed by atoms with E-state index >= 15 is 0 Å².